The van der Waals surface area contributed by atoms with Crippen LogP contribution in [0.25, 0.3) is 22.3 Å². The molecule has 0 unspecified atom stereocenters. The van der Waals surface area contributed by atoms with Crippen LogP contribution >= 0.6 is 0 Å². The van der Waals surface area contributed by atoms with E-state index in [1.807, 2.05) is 81.3 Å². The zero-order valence-electron chi connectivity index (χ0n) is 31.2. The molecule has 2 saturated heterocycles. The number of likely N-dealkylation sites (tertiary alicyclic amines) is 2. The van der Waals surface area contributed by atoms with Crippen LogP contribution < -0.4 is 10.6 Å². The second-order valence-corrected chi connectivity index (χ2v) is 14.5. The third-order valence-electron chi connectivity index (χ3n) is 10.0. The van der Waals surface area contributed by atoms with Crippen molar-refractivity contribution in [1.82, 2.24) is 40.4 Å². The van der Waals surface area contributed by atoms with Gasteiger partial charge in [-0.05, 0) is 67.9 Å². The maximum Gasteiger partial charge on any atom is 0.407 e. The van der Waals surface area contributed by atoms with Gasteiger partial charge in [-0.3, -0.25) is 14.4 Å². The van der Waals surface area contributed by atoms with Gasteiger partial charge < -0.3 is 35.1 Å². The van der Waals surface area contributed by atoms with Crippen LogP contribution in [0.2, 0.25) is 0 Å². The monoisotopic (exact) mass is 720 g/mol. The molecule has 6 rings (SSSR count). The van der Waals surface area contributed by atoms with Gasteiger partial charge in [0.1, 0.15) is 23.7 Å². The number of alkyl carbamates (subject to hydrolysis) is 1. The largest absolute Gasteiger partial charge is 0.453 e. The van der Waals surface area contributed by atoms with Crippen LogP contribution in [0.15, 0.2) is 48.7 Å². The number of imidazole rings is 2. The molecule has 0 saturated carbocycles. The zero-order chi connectivity index (χ0) is 37.8. The summed E-state index contributed by atoms with van der Waals surface area (Å²) in [5.74, 6) is 7.36. The van der Waals surface area contributed by atoms with Crippen molar-refractivity contribution in [2.75, 3.05) is 20.2 Å². The highest BCUT2D eigenvalue weighted by atomic mass is 16.5. The first-order chi connectivity index (χ1) is 25.4. The van der Waals surface area contributed by atoms with Crippen molar-refractivity contribution in [2.24, 2.45) is 11.8 Å². The maximum atomic E-state index is 13.5. The number of aromatic nitrogens is 4. The summed E-state index contributed by atoms with van der Waals surface area (Å²) in [6.45, 7) is 10.3. The fraction of sp³-hybridized carbons (Fsp3) is 0.450. The topological polar surface area (TPSA) is 165 Å². The number of hydrogen-bond donors (Lipinski definition) is 4. The molecule has 13 heteroatoms. The second-order valence-electron chi connectivity index (χ2n) is 14.5. The summed E-state index contributed by atoms with van der Waals surface area (Å²) < 4.78 is 4.75. The number of ether oxygens (including phenoxy) is 1. The third kappa shape index (κ3) is 8.22. The minimum absolute atomic E-state index is 0.0306. The third-order valence-corrected chi connectivity index (χ3v) is 10.0. The summed E-state index contributed by atoms with van der Waals surface area (Å²) in [5, 5.41) is 5.51. The number of nitrogens with one attached hydrogen (secondary N) is 4. The molecule has 0 radical (unpaired) electrons. The molecular weight excluding hydrogens is 672 g/mol. The van der Waals surface area contributed by atoms with Crippen molar-refractivity contribution >= 4 is 34.8 Å². The van der Waals surface area contributed by atoms with E-state index >= 15 is 0 Å². The molecule has 4 N–H and O–H groups in total. The van der Waals surface area contributed by atoms with E-state index in [0.29, 0.717) is 18.9 Å². The standard InChI is InChI=1S/C40H48N8O5/c1-23(2)34(42-25(5)49)38(50)47-19-7-9-32(47)36-41-22-31(45-36)28-16-13-26(14-17-28)11-12-27-15-18-29-30(21-27)44-37(43-29)33-10-8-20-48(33)39(51)35(24(3)4)46-40(52)53-6/h13-18,21-24,32-35H,7-10,19-20H2,1-6H3,(H,41,45)(H,42,49)(H,43,44)(H,46,52)/t32-,33-,34-,35-/m0/s1. The minimum atomic E-state index is -0.694. The van der Waals surface area contributed by atoms with Crippen molar-refractivity contribution in [1.29, 1.82) is 0 Å². The summed E-state index contributed by atoms with van der Waals surface area (Å²) in [5.41, 5.74) is 4.99. The molecule has 2 fully saturated rings. The summed E-state index contributed by atoms with van der Waals surface area (Å²) in [4.78, 5) is 70.7. The molecule has 4 aromatic rings. The molecule has 2 aromatic carbocycles. The van der Waals surface area contributed by atoms with Gasteiger partial charge in [0.25, 0.3) is 0 Å². The van der Waals surface area contributed by atoms with Crippen LogP contribution in [0, 0.1) is 23.7 Å². The lowest BCUT2D eigenvalue weighted by Gasteiger charge is -2.30. The molecular formula is C40H48N8O5. The quantitative estimate of drug-likeness (QED) is 0.172. The Morgan fingerprint density at radius 1 is 0.811 bits per heavy atom. The van der Waals surface area contributed by atoms with Gasteiger partial charge in [0, 0.05) is 42.9 Å². The molecule has 2 aliphatic rings. The molecule has 4 atom stereocenters. The van der Waals surface area contributed by atoms with E-state index in [0.717, 1.165) is 64.9 Å². The predicted octanol–water partition coefficient (Wildman–Crippen LogP) is 5.22. The lowest BCUT2D eigenvalue weighted by molar-refractivity contribution is -0.138. The van der Waals surface area contributed by atoms with E-state index in [-0.39, 0.29) is 41.6 Å². The molecule has 13 nitrogen and oxygen atoms in total. The van der Waals surface area contributed by atoms with Crippen LogP contribution in [0.3, 0.4) is 0 Å². The molecule has 4 amide bonds. The average Bonchev–Trinajstić information content (AvgIpc) is 3.97. The van der Waals surface area contributed by atoms with Crippen LogP contribution in [-0.4, -0.2) is 85.8 Å². The van der Waals surface area contributed by atoms with Crippen molar-refractivity contribution in [3.63, 3.8) is 0 Å². The maximum absolute atomic E-state index is 13.5. The number of H-pyrrole nitrogens is 2. The molecule has 2 aromatic heterocycles. The van der Waals surface area contributed by atoms with Gasteiger partial charge in [-0.2, -0.15) is 0 Å². The van der Waals surface area contributed by atoms with Crippen LogP contribution in [-0.2, 0) is 19.1 Å². The van der Waals surface area contributed by atoms with Crippen molar-refractivity contribution < 1.29 is 23.9 Å². The molecule has 53 heavy (non-hydrogen) atoms. The Balaban J connectivity index is 1.12. The van der Waals surface area contributed by atoms with E-state index in [2.05, 4.69) is 32.4 Å². The number of carbonyl (C=O) groups excluding carboxylic acids is 4. The number of nitrogens with zero attached hydrogens (tertiary/aromatic N) is 4. The molecule has 278 valence electrons. The highest BCUT2D eigenvalue weighted by molar-refractivity contribution is 5.88. The number of hydrogen-bond acceptors (Lipinski definition) is 7. The van der Waals surface area contributed by atoms with E-state index in [9.17, 15) is 19.2 Å². The highest BCUT2D eigenvalue weighted by Crippen LogP contribution is 2.34. The Bertz CT molecular complexity index is 2040. The van der Waals surface area contributed by atoms with E-state index in [1.54, 1.807) is 4.90 Å². The van der Waals surface area contributed by atoms with Gasteiger partial charge >= 0.3 is 6.09 Å². The zero-order valence-corrected chi connectivity index (χ0v) is 31.2. The first-order valence-electron chi connectivity index (χ1n) is 18.3. The first kappa shape index (κ1) is 37.1. The average molecular weight is 721 g/mol. The van der Waals surface area contributed by atoms with Crippen molar-refractivity contribution in [3.8, 4) is 23.1 Å². The minimum Gasteiger partial charge on any atom is -0.453 e. The number of amides is 4. The normalized spacial score (nSPS) is 18.2. The smallest absolute Gasteiger partial charge is 0.407 e. The summed E-state index contributed by atoms with van der Waals surface area (Å²) in [6, 6.07) is 12.1. The lowest BCUT2D eigenvalue weighted by atomic mass is 10.0. The van der Waals surface area contributed by atoms with Gasteiger partial charge in [0.15, 0.2) is 0 Å². The number of carbonyl (C=O) groups is 4. The Morgan fingerprint density at radius 3 is 2.00 bits per heavy atom. The SMILES string of the molecule is COC(=O)N[C@H](C(=O)N1CCC[C@H]1c1nc2cc(C#Cc3ccc(-c4c[nH]c([C@@H]5CCCN5C(=O)[C@@H](NC(C)=O)C(C)C)n4)cc3)ccc2[nH]1)C(C)C. The van der Waals surface area contributed by atoms with E-state index < -0.39 is 18.2 Å². The summed E-state index contributed by atoms with van der Waals surface area (Å²) >= 11 is 0. The van der Waals surface area contributed by atoms with Gasteiger partial charge in [0.05, 0.1) is 35.9 Å². The van der Waals surface area contributed by atoms with Crippen LogP contribution in [0.4, 0.5) is 4.79 Å². The number of benzene rings is 2. The fourth-order valence-corrected chi connectivity index (χ4v) is 7.20. The highest BCUT2D eigenvalue weighted by Gasteiger charge is 2.38. The van der Waals surface area contributed by atoms with Gasteiger partial charge in [-0.1, -0.05) is 51.7 Å². The number of methoxy groups -OCH3 is 1. The predicted molar refractivity (Wildman–Crippen MR) is 200 cm³/mol. The van der Waals surface area contributed by atoms with Gasteiger partial charge in [-0.25, -0.2) is 14.8 Å². The molecule has 0 spiro atoms. The Labute approximate surface area is 309 Å². The summed E-state index contributed by atoms with van der Waals surface area (Å²) in [7, 11) is 1.29. The number of fused-ring (bicyclic) bond motifs is 1. The summed E-state index contributed by atoms with van der Waals surface area (Å²) in [6.07, 6.45) is 4.52. The number of aromatic amines is 2. The second kappa shape index (κ2) is 15.9. The Kier molecular flexibility index (Phi) is 11.2. The molecule has 2 aliphatic heterocycles. The van der Waals surface area contributed by atoms with Gasteiger partial charge in [-0.15, -0.1) is 0 Å². The Hall–Kier alpha value is -5.64. The van der Waals surface area contributed by atoms with Crippen LogP contribution in [0.1, 0.15) is 95.2 Å². The number of rotatable bonds is 9. The van der Waals surface area contributed by atoms with E-state index in [1.165, 1.54) is 14.0 Å². The molecule has 4 heterocycles. The van der Waals surface area contributed by atoms with E-state index in [4.69, 9.17) is 14.7 Å². The molecule has 0 aliphatic carbocycles. The fourth-order valence-electron chi connectivity index (χ4n) is 7.20. The van der Waals surface area contributed by atoms with Crippen molar-refractivity contribution in [3.05, 3.63) is 71.4 Å². The lowest BCUT2D eigenvalue weighted by Crippen LogP contribution is -2.51. The van der Waals surface area contributed by atoms with Crippen molar-refractivity contribution in [2.45, 2.75) is 84.5 Å². The Morgan fingerprint density at radius 2 is 1.40 bits per heavy atom. The van der Waals surface area contributed by atoms with Crippen LogP contribution in [0.5, 0.6) is 0 Å². The molecule has 0 bridgehead atoms. The van der Waals surface area contributed by atoms with Gasteiger partial charge in [0.2, 0.25) is 17.7 Å². The first-order valence-corrected chi connectivity index (χ1v) is 18.3.